The maximum absolute atomic E-state index is 11.2. The molecule has 0 fully saturated rings. The molecule has 0 aliphatic heterocycles. The van der Waals surface area contributed by atoms with Crippen molar-refractivity contribution in [2.24, 2.45) is 0 Å². The summed E-state index contributed by atoms with van der Waals surface area (Å²) in [5.41, 5.74) is 2.35. The molecule has 0 bridgehead atoms. The lowest BCUT2D eigenvalue weighted by Crippen LogP contribution is -2.14. The van der Waals surface area contributed by atoms with Crippen LogP contribution in [0.5, 0.6) is 5.75 Å². The van der Waals surface area contributed by atoms with Crippen molar-refractivity contribution in [2.45, 2.75) is 33.6 Å². The van der Waals surface area contributed by atoms with Crippen LogP contribution in [-0.2, 0) is 9.53 Å². The van der Waals surface area contributed by atoms with Gasteiger partial charge in [0.05, 0.1) is 6.61 Å². The summed E-state index contributed by atoms with van der Waals surface area (Å²) in [5, 5.41) is 0. The van der Waals surface area contributed by atoms with Crippen LogP contribution >= 0.6 is 0 Å². The fourth-order valence-electron chi connectivity index (χ4n) is 1.54. The van der Waals surface area contributed by atoms with Gasteiger partial charge in [0.15, 0.2) is 6.61 Å². The molecule has 1 rings (SSSR count). The number of benzene rings is 1. The van der Waals surface area contributed by atoms with E-state index in [0.717, 1.165) is 11.3 Å². The second-order valence-corrected chi connectivity index (χ2v) is 4.33. The molecule has 0 atom stereocenters. The molecular formula is C14H20O3. The zero-order valence-corrected chi connectivity index (χ0v) is 10.9. The normalized spacial score (nSPS) is 10.4. The van der Waals surface area contributed by atoms with Crippen LogP contribution < -0.4 is 4.74 Å². The lowest BCUT2D eigenvalue weighted by Gasteiger charge is -2.11. The minimum atomic E-state index is -0.333. The number of aryl methyl sites for hydroxylation is 1. The maximum Gasteiger partial charge on any atom is 0.344 e. The Morgan fingerprint density at radius 1 is 1.29 bits per heavy atom. The fourth-order valence-corrected chi connectivity index (χ4v) is 1.54. The molecular weight excluding hydrogens is 216 g/mol. The first kappa shape index (κ1) is 13.6. The number of rotatable bonds is 5. The van der Waals surface area contributed by atoms with Crippen molar-refractivity contribution in [3.63, 3.8) is 0 Å². The van der Waals surface area contributed by atoms with Crippen molar-refractivity contribution in [1.29, 1.82) is 0 Å². The van der Waals surface area contributed by atoms with Gasteiger partial charge in [0.25, 0.3) is 0 Å². The van der Waals surface area contributed by atoms with Gasteiger partial charge in [0.1, 0.15) is 5.75 Å². The van der Waals surface area contributed by atoms with E-state index in [0.29, 0.717) is 12.5 Å². The standard InChI is InChI=1S/C14H20O3/c1-5-16-14(15)9-17-13-7-11(4)6-12(8-13)10(2)3/h6-8,10H,5,9H2,1-4H3. The molecule has 94 valence electrons. The highest BCUT2D eigenvalue weighted by atomic mass is 16.6. The highest BCUT2D eigenvalue weighted by Gasteiger charge is 2.06. The Morgan fingerprint density at radius 2 is 2.00 bits per heavy atom. The summed E-state index contributed by atoms with van der Waals surface area (Å²) >= 11 is 0. The minimum absolute atomic E-state index is 0.0329. The van der Waals surface area contributed by atoms with Gasteiger partial charge in [-0.05, 0) is 43.0 Å². The molecule has 3 nitrogen and oxygen atoms in total. The van der Waals surface area contributed by atoms with E-state index in [2.05, 4.69) is 19.9 Å². The molecule has 0 saturated heterocycles. The Kier molecular flexibility index (Phi) is 5.01. The van der Waals surface area contributed by atoms with Crippen molar-refractivity contribution < 1.29 is 14.3 Å². The first-order valence-corrected chi connectivity index (χ1v) is 5.93. The molecule has 0 aliphatic rings. The third-order valence-corrected chi connectivity index (χ3v) is 2.40. The van der Waals surface area contributed by atoms with Crippen molar-refractivity contribution in [3.05, 3.63) is 29.3 Å². The van der Waals surface area contributed by atoms with Gasteiger partial charge in [-0.1, -0.05) is 19.9 Å². The lowest BCUT2D eigenvalue weighted by atomic mass is 10.0. The predicted molar refractivity (Wildman–Crippen MR) is 67.4 cm³/mol. The van der Waals surface area contributed by atoms with Gasteiger partial charge in [-0.3, -0.25) is 0 Å². The van der Waals surface area contributed by atoms with Crippen LogP contribution in [0, 0.1) is 6.92 Å². The van der Waals surface area contributed by atoms with Gasteiger partial charge in [-0.2, -0.15) is 0 Å². The largest absolute Gasteiger partial charge is 0.482 e. The Balaban J connectivity index is 2.68. The molecule has 0 amide bonds. The second kappa shape index (κ2) is 6.28. The molecule has 0 radical (unpaired) electrons. The van der Waals surface area contributed by atoms with E-state index in [1.165, 1.54) is 5.56 Å². The molecule has 0 unspecified atom stereocenters. The quantitative estimate of drug-likeness (QED) is 0.737. The zero-order valence-electron chi connectivity index (χ0n) is 10.9. The fraction of sp³-hybridized carbons (Fsp3) is 0.500. The Bertz CT molecular complexity index is 383. The van der Waals surface area contributed by atoms with Gasteiger partial charge in [0, 0.05) is 0 Å². The average Bonchev–Trinajstić information content (AvgIpc) is 2.26. The van der Waals surface area contributed by atoms with Crippen LogP contribution in [0.25, 0.3) is 0 Å². The molecule has 17 heavy (non-hydrogen) atoms. The number of hydrogen-bond acceptors (Lipinski definition) is 3. The summed E-state index contributed by atoms with van der Waals surface area (Å²) < 4.78 is 10.2. The third kappa shape index (κ3) is 4.47. The van der Waals surface area contributed by atoms with E-state index >= 15 is 0 Å². The summed E-state index contributed by atoms with van der Waals surface area (Å²) in [6, 6.07) is 6.02. The summed E-state index contributed by atoms with van der Waals surface area (Å²) in [5.74, 6) is 0.835. The highest BCUT2D eigenvalue weighted by molar-refractivity contribution is 5.71. The molecule has 0 aromatic heterocycles. The van der Waals surface area contributed by atoms with E-state index in [1.54, 1.807) is 6.92 Å². The molecule has 0 N–H and O–H groups in total. The Labute approximate surface area is 103 Å². The van der Waals surface area contributed by atoms with Crippen molar-refractivity contribution in [1.82, 2.24) is 0 Å². The number of carbonyl (C=O) groups excluding carboxylic acids is 1. The number of hydrogen-bond donors (Lipinski definition) is 0. The van der Waals surface area contributed by atoms with Crippen molar-refractivity contribution in [2.75, 3.05) is 13.2 Å². The molecule has 0 saturated carbocycles. The van der Waals surface area contributed by atoms with Crippen LogP contribution in [0.4, 0.5) is 0 Å². The SMILES string of the molecule is CCOC(=O)COc1cc(C)cc(C(C)C)c1. The first-order chi connectivity index (χ1) is 8.02. The summed E-state index contributed by atoms with van der Waals surface area (Å²) in [7, 11) is 0. The molecule has 0 spiro atoms. The molecule has 1 aromatic rings. The van der Waals surface area contributed by atoms with Gasteiger partial charge < -0.3 is 9.47 Å². The number of esters is 1. The summed E-state index contributed by atoms with van der Waals surface area (Å²) in [6.07, 6.45) is 0. The van der Waals surface area contributed by atoms with Gasteiger partial charge in [0.2, 0.25) is 0 Å². The third-order valence-electron chi connectivity index (χ3n) is 2.40. The van der Waals surface area contributed by atoms with Crippen LogP contribution in [0.15, 0.2) is 18.2 Å². The smallest absolute Gasteiger partial charge is 0.344 e. The van der Waals surface area contributed by atoms with Crippen LogP contribution in [0.2, 0.25) is 0 Å². The van der Waals surface area contributed by atoms with E-state index in [9.17, 15) is 4.79 Å². The zero-order chi connectivity index (χ0) is 12.8. The van der Waals surface area contributed by atoms with Crippen LogP contribution in [0.3, 0.4) is 0 Å². The van der Waals surface area contributed by atoms with Crippen molar-refractivity contribution >= 4 is 5.97 Å². The first-order valence-electron chi connectivity index (χ1n) is 5.93. The van der Waals surface area contributed by atoms with E-state index < -0.39 is 0 Å². The van der Waals surface area contributed by atoms with Crippen molar-refractivity contribution in [3.8, 4) is 5.75 Å². The lowest BCUT2D eigenvalue weighted by molar-refractivity contribution is -0.145. The molecule has 0 heterocycles. The average molecular weight is 236 g/mol. The van der Waals surface area contributed by atoms with Crippen LogP contribution in [-0.4, -0.2) is 19.2 Å². The van der Waals surface area contributed by atoms with E-state index in [-0.39, 0.29) is 12.6 Å². The van der Waals surface area contributed by atoms with Gasteiger partial charge in [-0.25, -0.2) is 4.79 Å². The highest BCUT2D eigenvalue weighted by Crippen LogP contribution is 2.22. The van der Waals surface area contributed by atoms with Gasteiger partial charge >= 0.3 is 5.97 Å². The van der Waals surface area contributed by atoms with E-state index in [4.69, 9.17) is 9.47 Å². The molecule has 3 heteroatoms. The second-order valence-electron chi connectivity index (χ2n) is 4.33. The number of ether oxygens (including phenoxy) is 2. The minimum Gasteiger partial charge on any atom is -0.482 e. The summed E-state index contributed by atoms with van der Waals surface area (Å²) in [4.78, 5) is 11.2. The topological polar surface area (TPSA) is 35.5 Å². The van der Waals surface area contributed by atoms with E-state index in [1.807, 2.05) is 19.1 Å². The number of carbonyl (C=O) groups is 1. The maximum atomic E-state index is 11.2. The molecule has 0 aliphatic carbocycles. The monoisotopic (exact) mass is 236 g/mol. The van der Waals surface area contributed by atoms with Crippen LogP contribution in [0.1, 0.15) is 37.8 Å². The molecule has 1 aromatic carbocycles. The Hall–Kier alpha value is -1.51. The summed E-state index contributed by atoms with van der Waals surface area (Å²) in [6.45, 7) is 8.40. The predicted octanol–water partition coefficient (Wildman–Crippen LogP) is 3.06. The van der Waals surface area contributed by atoms with Gasteiger partial charge in [-0.15, -0.1) is 0 Å². The Morgan fingerprint density at radius 3 is 2.59 bits per heavy atom.